The lowest BCUT2D eigenvalue weighted by Gasteiger charge is -2.23. The minimum absolute atomic E-state index is 1.23. The zero-order chi connectivity index (χ0) is 18.6. The zero-order valence-electron chi connectivity index (χ0n) is 15.5. The van der Waals surface area contributed by atoms with Crippen molar-refractivity contribution in [3.05, 3.63) is 91.1 Å². The second-order valence-corrected chi connectivity index (χ2v) is 10.3. The second kappa shape index (κ2) is 8.03. The Morgan fingerprint density at radius 3 is 1.69 bits per heavy atom. The Balaban J connectivity index is 0.000000948. The largest absolute Gasteiger partial charge is 0.350 e. The average Bonchev–Trinajstić information content (AvgIpc) is 3.08. The summed E-state index contributed by atoms with van der Waals surface area (Å²) >= 11 is 6.44. The van der Waals surface area contributed by atoms with Crippen LogP contribution in [-0.2, 0) is 18.9 Å². The number of fused-ring (bicyclic) bond motifs is 1. The van der Waals surface area contributed by atoms with Crippen LogP contribution in [0.4, 0.5) is 0 Å². The maximum absolute atomic E-state index is 6.44. The van der Waals surface area contributed by atoms with Crippen LogP contribution >= 0.6 is 6.04 Å². The highest BCUT2D eigenvalue weighted by atomic mass is 32.4. The number of rotatable bonds is 3. The summed E-state index contributed by atoms with van der Waals surface area (Å²) in [4.78, 5) is 0. The molecule has 0 aliphatic rings. The van der Waals surface area contributed by atoms with Crippen molar-refractivity contribution in [2.45, 2.75) is 13.8 Å². The molecule has 0 saturated carbocycles. The zero-order valence-corrected chi connectivity index (χ0v) is 17.2. The van der Waals surface area contributed by atoms with E-state index in [2.05, 4.69) is 103 Å². The number of aromatic nitrogens is 1. The Hall–Kier alpha value is -2.15. The lowest BCUT2D eigenvalue weighted by molar-refractivity contribution is 0.972. The molecule has 0 aliphatic heterocycles. The molecule has 4 rings (SSSR count). The molecular formula is C23H24NPS. The Labute approximate surface area is 161 Å². The molecule has 0 bridgehead atoms. The van der Waals surface area contributed by atoms with Crippen molar-refractivity contribution in [3.63, 3.8) is 0 Å². The quantitative estimate of drug-likeness (QED) is 0.457. The van der Waals surface area contributed by atoms with Gasteiger partial charge < -0.3 is 4.57 Å². The van der Waals surface area contributed by atoms with E-state index in [0.29, 0.717) is 0 Å². The first-order chi connectivity index (χ1) is 12.7. The molecule has 1 heterocycles. The van der Waals surface area contributed by atoms with Crippen LogP contribution in [0.15, 0.2) is 91.1 Å². The summed E-state index contributed by atoms with van der Waals surface area (Å²) in [6.45, 7) is 4.00. The van der Waals surface area contributed by atoms with Crippen LogP contribution in [0.25, 0.3) is 10.9 Å². The minimum atomic E-state index is -2.09. The van der Waals surface area contributed by atoms with Crippen LogP contribution in [0.2, 0.25) is 0 Å². The van der Waals surface area contributed by atoms with Crippen LogP contribution in [0.1, 0.15) is 13.8 Å². The molecule has 3 aromatic carbocycles. The lowest BCUT2D eigenvalue weighted by Crippen LogP contribution is -2.24. The summed E-state index contributed by atoms with van der Waals surface area (Å²) in [5.74, 6) is 0. The number of aryl methyl sites for hydroxylation is 1. The molecule has 0 atom stereocenters. The van der Waals surface area contributed by atoms with E-state index in [-0.39, 0.29) is 0 Å². The number of hydrogen-bond acceptors (Lipinski definition) is 1. The van der Waals surface area contributed by atoms with E-state index in [9.17, 15) is 0 Å². The van der Waals surface area contributed by atoms with Gasteiger partial charge in [0.15, 0.2) is 0 Å². The van der Waals surface area contributed by atoms with E-state index in [1.165, 1.54) is 26.8 Å². The molecule has 0 aliphatic carbocycles. The van der Waals surface area contributed by atoms with E-state index < -0.39 is 6.04 Å². The van der Waals surface area contributed by atoms with Gasteiger partial charge in [-0.1, -0.05) is 105 Å². The SMILES string of the molecule is CC.Cn1cc(P(=S)(c2ccccc2)c2ccccc2)c2ccccc21. The molecule has 1 aromatic heterocycles. The molecule has 0 spiro atoms. The Morgan fingerprint density at radius 1 is 0.692 bits per heavy atom. The van der Waals surface area contributed by atoms with Gasteiger partial charge >= 0.3 is 0 Å². The van der Waals surface area contributed by atoms with Gasteiger partial charge in [0, 0.05) is 35.5 Å². The van der Waals surface area contributed by atoms with E-state index >= 15 is 0 Å². The first kappa shape index (κ1) is 18.6. The van der Waals surface area contributed by atoms with Gasteiger partial charge in [-0.15, -0.1) is 0 Å². The number of hydrogen-bond donors (Lipinski definition) is 0. The van der Waals surface area contributed by atoms with Crippen LogP contribution in [0, 0.1) is 0 Å². The Kier molecular flexibility index (Phi) is 5.76. The van der Waals surface area contributed by atoms with Gasteiger partial charge in [0.2, 0.25) is 0 Å². The summed E-state index contributed by atoms with van der Waals surface area (Å²) in [6, 6.07) is 27.6. The fraction of sp³-hybridized carbons (Fsp3) is 0.130. The lowest BCUT2D eigenvalue weighted by atomic mass is 10.2. The van der Waals surface area contributed by atoms with E-state index in [0.717, 1.165) is 0 Å². The highest BCUT2D eigenvalue weighted by molar-refractivity contribution is 8.25. The fourth-order valence-corrected chi connectivity index (χ4v) is 7.34. The first-order valence-electron chi connectivity index (χ1n) is 8.97. The van der Waals surface area contributed by atoms with Crippen molar-refractivity contribution < 1.29 is 0 Å². The summed E-state index contributed by atoms with van der Waals surface area (Å²) in [5.41, 5.74) is 1.23. The van der Waals surface area contributed by atoms with Crippen LogP contribution < -0.4 is 15.9 Å². The fourth-order valence-electron chi connectivity index (χ4n) is 3.27. The molecular weight excluding hydrogens is 353 g/mol. The average molecular weight is 377 g/mol. The van der Waals surface area contributed by atoms with Crippen molar-refractivity contribution in [3.8, 4) is 0 Å². The van der Waals surface area contributed by atoms with E-state index in [1.54, 1.807) is 0 Å². The molecule has 0 saturated heterocycles. The van der Waals surface area contributed by atoms with Gasteiger partial charge in [-0.25, -0.2) is 0 Å². The topological polar surface area (TPSA) is 4.93 Å². The summed E-state index contributed by atoms with van der Waals surface area (Å²) in [7, 11) is 2.10. The van der Waals surface area contributed by atoms with Gasteiger partial charge in [0.1, 0.15) is 0 Å². The van der Waals surface area contributed by atoms with Crippen molar-refractivity contribution in [2.24, 2.45) is 7.05 Å². The summed E-state index contributed by atoms with van der Waals surface area (Å²) in [5, 5.41) is 5.01. The third kappa shape index (κ3) is 3.16. The molecule has 26 heavy (non-hydrogen) atoms. The van der Waals surface area contributed by atoms with Crippen molar-refractivity contribution in [1.82, 2.24) is 4.57 Å². The van der Waals surface area contributed by atoms with Crippen LogP contribution in [0.3, 0.4) is 0 Å². The highest BCUT2D eigenvalue weighted by Crippen LogP contribution is 2.45. The maximum Gasteiger partial charge on any atom is 0.0484 e. The third-order valence-electron chi connectivity index (χ3n) is 4.45. The molecule has 0 fully saturated rings. The highest BCUT2D eigenvalue weighted by Gasteiger charge is 2.27. The standard InChI is InChI=1S/C21H18NPS.C2H6/c1-22-16-21(19-14-8-9-15-20(19)22)23(24,17-10-4-2-5-11-17)18-12-6-3-7-13-18;1-2/h2-16H,1H3;1-2H3. The molecule has 132 valence electrons. The van der Waals surface area contributed by atoms with Gasteiger partial charge in [-0.05, 0) is 16.7 Å². The van der Waals surface area contributed by atoms with Crippen molar-refractivity contribution in [1.29, 1.82) is 0 Å². The van der Waals surface area contributed by atoms with Crippen molar-refractivity contribution in [2.75, 3.05) is 0 Å². The van der Waals surface area contributed by atoms with Gasteiger partial charge in [-0.3, -0.25) is 0 Å². The van der Waals surface area contributed by atoms with Crippen LogP contribution in [-0.4, -0.2) is 4.57 Å². The van der Waals surface area contributed by atoms with Gasteiger partial charge in [0.25, 0.3) is 0 Å². The molecule has 0 unspecified atom stereocenters. The summed E-state index contributed by atoms with van der Waals surface area (Å²) in [6.07, 6.45) is 2.23. The van der Waals surface area contributed by atoms with Gasteiger partial charge in [-0.2, -0.15) is 0 Å². The maximum atomic E-state index is 6.44. The second-order valence-electron chi connectivity index (χ2n) is 5.92. The van der Waals surface area contributed by atoms with Crippen LogP contribution in [0.5, 0.6) is 0 Å². The van der Waals surface area contributed by atoms with E-state index in [1.807, 2.05) is 13.8 Å². The molecule has 3 heteroatoms. The molecule has 0 radical (unpaired) electrons. The minimum Gasteiger partial charge on any atom is -0.350 e. The number of para-hydroxylation sites is 1. The third-order valence-corrected chi connectivity index (χ3v) is 9.40. The Bertz CT molecular complexity index is 992. The number of nitrogens with zero attached hydrogens (tertiary/aromatic N) is 1. The Morgan fingerprint density at radius 2 is 1.15 bits per heavy atom. The molecule has 0 amide bonds. The van der Waals surface area contributed by atoms with E-state index in [4.69, 9.17) is 11.8 Å². The molecule has 0 N–H and O–H groups in total. The molecule has 1 nitrogen and oxygen atoms in total. The van der Waals surface area contributed by atoms with Gasteiger partial charge in [0.05, 0.1) is 0 Å². The number of benzene rings is 3. The first-order valence-corrected chi connectivity index (χ1v) is 11.8. The van der Waals surface area contributed by atoms with Crippen molar-refractivity contribution >= 4 is 44.7 Å². The summed E-state index contributed by atoms with van der Waals surface area (Å²) < 4.78 is 2.19. The molecule has 4 aromatic rings. The monoisotopic (exact) mass is 377 g/mol. The smallest absolute Gasteiger partial charge is 0.0484 e. The predicted octanol–water partition coefficient (Wildman–Crippen LogP) is 4.96. The normalized spacial score (nSPS) is 11.0. The predicted molar refractivity (Wildman–Crippen MR) is 120 cm³/mol.